The Labute approximate surface area is 221 Å². The van der Waals surface area contributed by atoms with Crippen molar-refractivity contribution in [3.05, 3.63) is 150 Å². The molecule has 0 fully saturated rings. The first-order valence-corrected chi connectivity index (χ1v) is 13.8. The van der Waals surface area contributed by atoms with Crippen LogP contribution in [-0.2, 0) is 0 Å². The molecule has 3 unspecified atom stereocenters. The van der Waals surface area contributed by atoms with E-state index in [0.717, 1.165) is 19.3 Å². The average Bonchev–Trinajstić information content (AvgIpc) is 3.00. The van der Waals surface area contributed by atoms with E-state index < -0.39 is 0 Å². The zero-order valence-electron chi connectivity index (χ0n) is 21.4. The fourth-order valence-corrected chi connectivity index (χ4v) is 6.02. The van der Waals surface area contributed by atoms with Crippen LogP contribution in [0.2, 0.25) is 0 Å². The van der Waals surface area contributed by atoms with Gasteiger partial charge in [-0.3, -0.25) is 0 Å². The summed E-state index contributed by atoms with van der Waals surface area (Å²) in [7, 11) is 0. The van der Waals surface area contributed by atoms with Gasteiger partial charge in [-0.15, -0.1) is 0 Å². The second kappa shape index (κ2) is 11.0. The Morgan fingerprint density at radius 2 is 1.38 bits per heavy atom. The summed E-state index contributed by atoms with van der Waals surface area (Å²) in [5, 5.41) is 0. The number of nitrogens with zero attached hydrogens (tertiary/aromatic N) is 1. The molecule has 0 spiro atoms. The van der Waals surface area contributed by atoms with Crippen molar-refractivity contribution in [1.82, 2.24) is 0 Å². The molecule has 0 bridgehead atoms. The van der Waals surface area contributed by atoms with Gasteiger partial charge in [-0.1, -0.05) is 121 Å². The van der Waals surface area contributed by atoms with Crippen LogP contribution in [0.3, 0.4) is 0 Å². The van der Waals surface area contributed by atoms with Crippen molar-refractivity contribution in [2.45, 2.75) is 44.1 Å². The van der Waals surface area contributed by atoms with E-state index in [1.807, 2.05) is 0 Å². The Kier molecular flexibility index (Phi) is 7.03. The average molecular weight is 482 g/mol. The largest absolute Gasteiger partial charge is 0.338 e. The predicted molar refractivity (Wildman–Crippen MR) is 157 cm³/mol. The monoisotopic (exact) mass is 481 g/mol. The molecule has 37 heavy (non-hydrogen) atoms. The van der Waals surface area contributed by atoms with Crippen molar-refractivity contribution in [3.63, 3.8) is 0 Å². The van der Waals surface area contributed by atoms with Crippen molar-refractivity contribution in [2.75, 3.05) is 4.90 Å². The van der Waals surface area contributed by atoms with Crippen molar-refractivity contribution < 1.29 is 0 Å². The highest BCUT2D eigenvalue weighted by atomic mass is 15.2. The molecule has 0 amide bonds. The summed E-state index contributed by atoms with van der Waals surface area (Å²) in [5.74, 6) is 1.04. The van der Waals surface area contributed by atoms with E-state index in [-0.39, 0.29) is 0 Å². The van der Waals surface area contributed by atoms with Gasteiger partial charge >= 0.3 is 0 Å². The van der Waals surface area contributed by atoms with E-state index in [1.54, 1.807) is 5.57 Å². The molecule has 1 heteroatoms. The summed E-state index contributed by atoms with van der Waals surface area (Å²) in [5.41, 5.74) is 8.17. The van der Waals surface area contributed by atoms with Gasteiger partial charge < -0.3 is 4.90 Å². The highest BCUT2D eigenvalue weighted by Crippen LogP contribution is 2.37. The molecule has 6 rings (SSSR count). The SMILES string of the molecule is C1=CCC(C2=CCC(N(C3=CCC(c4ccccc4)C=C3)c3ccc(-c4ccccc4)cc3)CC2)C=C1. The Morgan fingerprint density at radius 1 is 0.622 bits per heavy atom. The van der Waals surface area contributed by atoms with Crippen molar-refractivity contribution in [2.24, 2.45) is 5.92 Å². The van der Waals surface area contributed by atoms with Crippen molar-refractivity contribution in [1.29, 1.82) is 0 Å². The lowest BCUT2D eigenvalue weighted by Crippen LogP contribution is -2.36. The Balaban J connectivity index is 1.27. The smallest absolute Gasteiger partial charge is 0.0413 e. The predicted octanol–water partition coefficient (Wildman–Crippen LogP) is 9.40. The van der Waals surface area contributed by atoms with Gasteiger partial charge in [-0.2, -0.15) is 0 Å². The van der Waals surface area contributed by atoms with E-state index in [1.165, 1.54) is 40.9 Å². The van der Waals surface area contributed by atoms with Crippen LogP contribution in [0.25, 0.3) is 11.1 Å². The van der Waals surface area contributed by atoms with Gasteiger partial charge in [0, 0.05) is 29.3 Å². The molecule has 3 aliphatic rings. The molecule has 1 nitrogen and oxygen atoms in total. The minimum absolute atomic E-state index is 0.455. The molecular weight excluding hydrogens is 446 g/mol. The molecule has 0 saturated heterocycles. The van der Waals surface area contributed by atoms with Gasteiger partial charge in [0.05, 0.1) is 0 Å². The molecule has 0 N–H and O–H groups in total. The maximum absolute atomic E-state index is 2.61. The number of hydrogen-bond acceptors (Lipinski definition) is 1. The topological polar surface area (TPSA) is 3.24 Å². The second-order valence-electron chi connectivity index (χ2n) is 10.4. The molecule has 184 valence electrons. The first kappa shape index (κ1) is 23.6. The van der Waals surface area contributed by atoms with E-state index in [4.69, 9.17) is 0 Å². The molecule has 0 heterocycles. The van der Waals surface area contributed by atoms with E-state index >= 15 is 0 Å². The highest BCUT2D eigenvalue weighted by molar-refractivity contribution is 5.68. The summed E-state index contributed by atoms with van der Waals surface area (Å²) < 4.78 is 0. The standard InChI is InChI=1S/C36H35N/c1-4-10-28(11-5-1)31-16-22-34(23-17-31)37(35-24-18-32(19-25-35)29-12-6-2-7-13-29)36-26-20-33(21-27-36)30-14-8-3-9-15-30/h1-14,16-18,20,22-25,30,32,36H,15,19,21,26-27H2. The van der Waals surface area contributed by atoms with Crippen LogP contribution in [0.15, 0.2) is 145 Å². The fraction of sp³-hybridized carbons (Fsp3) is 0.222. The summed E-state index contributed by atoms with van der Waals surface area (Å²) in [4.78, 5) is 2.61. The lowest BCUT2D eigenvalue weighted by molar-refractivity contribution is 0.535. The van der Waals surface area contributed by atoms with Crippen LogP contribution in [-0.4, -0.2) is 6.04 Å². The maximum Gasteiger partial charge on any atom is 0.0413 e. The third-order valence-corrected chi connectivity index (χ3v) is 8.08. The third-order valence-electron chi connectivity index (χ3n) is 8.08. The van der Waals surface area contributed by atoms with Crippen LogP contribution in [0.1, 0.15) is 43.6 Å². The summed E-state index contributed by atoms with van der Waals surface area (Å²) in [6.45, 7) is 0. The van der Waals surface area contributed by atoms with E-state index in [0.29, 0.717) is 17.9 Å². The Bertz CT molecular complexity index is 1340. The maximum atomic E-state index is 2.61. The van der Waals surface area contributed by atoms with Gasteiger partial charge in [-0.05, 0) is 67.0 Å². The minimum Gasteiger partial charge on any atom is -0.338 e. The first-order valence-electron chi connectivity index (χ1n) is 13.8. The second-order valence-corrected chi connectivity index (χ2v) is 10.4. The minimum atomic E-state index is 0.455. The molecule has 3 aromatic rings. The van der Waals surface area contributed by atoms with Gasteiger partial charge in [0.15, 0.2) is 0 Å². The number of anilines is 1. The number of benzene rings is 3. The Hall–Kier alpha value is -3.84. The third kappa shape index (κ3) is 5.32. The summed E-state index contributed by atoms with van der Waals surface area (Å²) >= 11 is 0. The molecule has 3 aromatic carbocycles. The van der Waals surface area contributed by atoms with Gasteiger partial charge in [-0.25, -0.2) is 0 Å². The van der Waals surface area contributed by atoms with Crippen LogP contribution in [0.5, 0.6) is 0 Å². The molecule has 0 radical (unpaired) electrons. The zero-order chi connectivity index (χ0) is 24.9. The molecule has 3 aliphatic carbocycles. The first-order chi connectivity index (χ1) is 18.3. The molecule has 3 atom stereocenters. The van der Waals surface area contributed by atoms with Gasteiger partial charge in [0.1, 0.15) is 0 Å². The molecule has 0 aliphatic heterocycles. The molecule has 0 aromatic heterocycles. The van der Waals surface area contributed by atoms with Crippen LogP contribution < -0.4 is 4.90 Å². The zero-order valence-corrected chi connectivity index (χ0v) is 21.4. The Morgan fingerprint density at radius 3 is 2.03 bits per heavy atom. The van der Waals surface area contributed by atoms with Crippen LogP contribution >= 0.6 is 0 Å². The summed E-state index contributed by atoms with van der Waals surface area (Å²) in [6, 6.07) is 31.2. The summed E-state index contributed by atoms with van der Waals surface area (Å²) in [6.07, 6.45) is 24.5. The number of hydrogen-bond donors (Lipinski definition) is 0. The number of allylic oxidation sites excluding steroid dienone is 8. The molecular formula is C36H35N. The van der Waals surface area contributed by atoms with Crippen LogP contribution in [0.4, 0.5) is 5.69 Å². The number of rotatable bonds is 6. The quantitative estimate of drug-likeness (QED) is 0.317. The van der Waals surface area contributed by atoms with Crippen LogP contribution in [0, 0.1) is 5.92 Å². The van der Waals surface area contributed by atoms with Gasteiger partial charge in [0.2, 0.25) is 0 Å². The van der Waals surface area contributed by atoms with Gasteiger partial charge in [0.25, 0.3) is 0 Å². The lowest BCUT2D eigenvalue weighted by Gasteiger charge is -2.38. The lowest BCUT2D eigenvalue weighted by atomic mass is 9.83. The fourth-order valence-electron chi connectivity index (χ4n) is 6.02. The van der Waals surface area contributed by atoms with Crippen molar-refractivity contribution in [3.8, 4) is 11.1 Å². The normalized spacial score (nSPS) is 22.9. The van der Waals surface area contributed by atoms with Crippen molar-refractivity contribution >= 4 is 5.69 Å². The highest BCUT2D eigenvalue weighted by Gasteiger charge is 2.27. The van der Waals surface area contributed by atoms with E-state index in [2.05, 4.69) is 138 Å². The van der Waals surface area contributed by atoms with E-state index in [9.17, 15) is 0 Å². The molecule has 0 saturated carbocycles.